The molecule has 2 N–H and O–H groups in total. The van der Waals surface area contributed by atoms with Crippen molar-refractivity contribution in [2.45, 2.75) is 26.4 Å². The fourth-order valence-electron chi connectivity index (χ4n) is 1.42. The summed E-state index contributed by atoms with van der Waals surface area (Å²) in [6.07, 6.45) is 1.89. The van der Waals surface area contributed by atoms with E-state index in [9.17, 15) is 0 Å². The van der Waals surface area contributed by atoms with E-state index in [4.69, 9.17) is 0 Å². The molecule has 0 aliphatic heterocycles. The Morgan fingerprint density at radius 3 is 2.94 bits per heavy atom. The quantitative estimate of drug-likeness (QED) is 0.908. The van der Waals surface area contributed by atoms with Gasteiger partial charge in [-0.1, -0.05) is 13.8 Å². The molecule has 0 fully saturated rings. The van der Waals surface area contributed by atoms with Crippen LogP contribution in [0.3, 0.4) is 0 Å². The fourth-order valence-corrected chi connectivity index (χ4v) is 2.84. The standard InChI is InChI=1S/C11H14BrN3S/c1-7(2)13-5-8-6-14-15-11(8)9-3-4-10(12)16-9/h3-4,6-7,13H,5H2,1-2H3,(H,14,15). The molecule has 0 saturated carbocycles. The van der Waals surface area contributed by atoms with Crippen LogP contribution in [-0.2, 0) is 6.54 Å². The van der Waals surface area contributed by atoms with E-state index in [2.05, 4.69) is 57.4 Å². The van der Waals surface area contributed by atoms with Crippen LogP contribution < -0.4 is 5.32 Å². The highest BCUT2D eigenvalue weighted by atomic mass is 79.9. The van der Waals surface area contributed by atoms with Gasteiger partial charge in [-0.3, -0.25) is 5.10 Å². The van der Waals surface area contributed by atoms with Gasteiger partial charge in [0, 0.05) is 18.2 Å². The SMILES string of the molecule is CC(C)NCc1cn[nH]c1-c1ccc(Br)s1. The Labute approximate surface area is 107 Å². The molecule has 0 atom stereocenters. The molecule has 2 heterocycles. The van der Waals surface area contributed by atoms with Crippen molar-refractivity contribution in [1.29, 1.82) is 0 Å². The van der Waals surface area contributed by atoms with Gasteiger partial charge < -0.3 is 5.32 Å². The van der Waals surface area contributed by atoms with Crippen molar-refractivity contribution in [3.63, 3.8) is 0 Å². The van der Waals surface area contributed by atoms with Gasteiger partial charge in [-0.15, -0.1) is 11.3 Å². The van der Waals surface area contributed by atoms with E-state index >= 15 is 0 Å². The number of hydrogen-bond donors (Lipinski definition) is 2. The Balaban J connectivity index is 2.19. The third-order valence-corrected chi connectivity index (χ3v) is 3.88. The van der Waals surface area contributed by atoms with Crippen LogP contribution in [0.15, 0.2) is 22.1 Å². The molecule has 0 aromatic carbocycles. The van der Waals surface area contributed by atoms with Gasteiger partial charge in [0.2, 0.25) is 0 Å². The lowest BCUT2D eigenvalue weighted by atomic mass is 10.2. The van der Waals surface area contributed by atoms with Gasteiger partial charge in [-0.05, 0) is 28.1 Å². The number of nitrogens with one attached hydrogen (secondary N) is 2. The zero-order chi connectivity index (χ0) is 11.5. The summed E-state index contributed by atoms with van der Waals surface area (Å²) in [5.74, 6) is 0. The zero-order valence-corrected chi connectivity index (χ0v) is 11.7. The Bertz CT molecular complexity index is 461. The highest BCUT2D eigenvalue weighted by Crippen LogP contribution is 2.31. The lowest BCUT2D eigenvalue weighted by molar-refractivity contribution is 0.589. The predicted molar refractivity (Wildman–Crippen MR) is 71.6 cm³/mol. The maximum atomic E-state index is 4.11. The molecule has 2 rings (SSSR count). The second-order valence-electron chi connectivity index (χ2n) is 3.91. The number of hydrogen-bond acceptors (Lipinski definition) is 3. The molecule has 0 bridgehead atoms. The van der Waals surface area contributed by atoms with Gasteiger partial charge >= 0.3 is 0 Å². The van der Waals surface area contributed by atoms with E-state index in [0.717, 1.165) is 16.0 Å². The Kier molecular flexibility index (Phi) is 3.78. The monoisotopic (exact) mass is 299 g/mol. The number of H-pyrrole nitrogens is 1. The number of aromatic nitrogens is 2. The first-order valence-corrected chi connectivity index (χ1v) is 6.79. The number of aromatic amines is 1. The van der Waals surface area contributed by atoms with E-state index in [-0.39, 0.29) is 0 Å². The molecule has 0 amide bonds. The van der Waals surface area contributed by atoms with E-state index < -0.39 is 0 Å². The first-order chi connectivity index (χ1) is 7.66. The number of rotatable bonds is 4. The first-order valence-electron chi connectivity index (χ1n) is 5.18. The Hall–Kier alpha value is -0.650. The molecule has 0 radical (unpaired) electrons. The largest absolute Gasteiger partial charge is 0.310 e. The van der Waals surface area contributed by atoms with Crippen LogP contribution in [0.1, 0.15) is 19.4 Å². The van der Waals surface area contributed by atoms with Gasteiger partial charge in [0.1, 0.15) is 0 Å². The Morgan fingerprint density at radius 1 is 1.50 bits per heavy atom. The van der Waals surface area contributed by atoms with Crippen molar-refractivity contribution in [2.24, 2.45) is 0 Å². The third-order valence-electron chi connectivity index (χ3n) is 2.24. The number of nitrogens with zero attached hydrogens (tertiary/aromatic N) is 1. The highest BCUT2D eigenvalue weighted by molar-refractivity contribution is 9.11. The van der Waals surface area contributed by atoms with Crippen LogP contribution >= 0.6 is 27.3 Å². The van der Waals surface area contributed by atoms with Crippen molar-refractivity contribution in [2.75, 3.05) is 0 Å². The minimum absolute atomic E-state index is 0.484. The van der Waals surface area contributed by atoms with Crippen molar-refractivity contribution in [1.82, 2.24) is 15.5 Å². The van der Waals surface area contributed by atoms with Gasteiger partial charge in [-0.25, -0.2) is 0 Å². The Morgan fingerprint density at radius 2 is 2.31 bits per heavy atom. The minimum atomic E-state index is 0.484. The van der Waals surface area contributed by atoms with Crippen molar-refractivity contribution >= 4 is 27.3 Å². The summed E-state index contributed by atoms with van der Waals surface area (Å²) in [6.45, 7) is 5.13. The lowest BCUT2D eigenvalue weighted by Gasteiger charge is -2.07. The third kappa shape index (κ3) is 2.72. The maximum absolute atomic E-state index is 4.11. The van der Waals surface area contributed by atoms with Gasteiger partial charge in [0.15, 0.2) is 0 Å². The molecule has 3 nitrogen and oxygen atoms in total. The van der Waals surface area contributed by atoms with Crippen LogP contribution in [0.5, 0.6) is 0 Å². The average molecular weight is 300 g/mol. The maximum Gasteiger partial charge on any atom is 0.0795 e. The van der Waals surface area contributed by atoms with E-state index in [1.807, 2.05) is 6.20 Å². The summed E-state index contributed by atoms with van der Waals surface area (Å²) in [5.41, 5.74) is 2.33. The zero-order valence-electron chi connectivity index (χ0n) is 9.25. The molecule has 2 aromatic rings. The van der Waals surface area contributed by atoms with Crippen LogP contribution in [-0.4, -0.2) is 16.2 Å². The fraction of sp³-hybridized carbons (Fsp3) is 0.364. The van der Waals surface area contributed by atoms with Gasteiger partial charge in [0.05, 0.1) is 20.6 Å². The van der Waals surface area contributed by atoms with Crippen LogP contribution in [0, 0.1) is 0 Å². The molecule has 16 heavy (non-hydrogen) atoms. The summed E-state index contributed by atoms with van der Waals surface area (Å²) >= 11 is 5.18. The van der Waals surface area contributed by atoms with Crippen molar-refractivity contribution in [3.05, 3.63) is 27.7 Å². The minimum Gasteiger partial charge on any atom is -0.310 e. The van der Waals surface area contributed by atoms with E-state index in [1.165, 1.54) is 10.4 Å². The van der Waals surface area contributed by atoms with Crippen molar-refractivity contribution in [3.8, 4) is 10.6 Å². The molecular weight excluding hydrogens is 286 g/mol. The van der Waals surface area contributed by atoms with Gasteiger partial charge in [0.25, 0.3) is 0 Å². The van der Waals surface area contributed by atoms with Crippen LogP contribution in [0.25, 0.3) is 10.6 Å². The van der Waals surface area contributed by atoms with Crippen LogP contribution in [0.4, 0.5) is 0 Å². The molecular formula is C11H14BrN3S. The summed E-state index contributed by atoms with van der Waals surface area (Å²) in [7, 11) is 0. The summed E-state index contributed by atoms with van der Waals surface area (Å²) in [4.78, 5) is 1.21. The summed E-state index contributed by atoms with van der Waals surface area (Å²) in [5, 5.41) is 10.6. The molecule has 5 heteroatoms. The van der Waals surface area contributed by atoms with Crippen LogP contribution in [0.2, 0.25) is 0 Å². The summed E-state index contributed by atoms with van der Waals surface area (Å²) < 4.78 is 1.14. The van der Waals surface area contributed by atoms with Crippen molar-refractivity contribution < 1.29 is 0 Å². The second-order valence-corrected chi connectivity index (χ2v) is 6.37. The van der Waals surface area contributed by atoms with Gasteiger partial charge in [-0.2, -0.15) is 5.10 Å². The van der Waals surface area contributed by atoms with E-state index in [1.54, 1.807) is 11.3 Å². The molecule has 0 spiro atoms. The molecule has 86 valence electrons. The average Bonchev–Trinajstić information content (AvgIpc) is 2.82. The molecule has 0 unspecified atom stereocenters. The molecule has 2 aromatic heterocycles. The lowest BCUT2D eigenvalue weighted by Crippen LogP contribution is -2.21. The normalized spacial score (nSPS) is 11.2. The first kappa shape index (κ1) is 11.8. The second kappa shape index (κ2) is 5.12. The predicted octanol–water partition coefficient (Wildman–Crippen LogP) is 3.40. The number of thiophene rings is 1. The molecule has 0 saturated heterocycles. The van der Waals surface area contributed by atoms with E-state index in [0.29, 0.717) is 6.04 Å². The topological polar surface area (TPSA) is 40.7 Å². The molecule has 0 aliphatic rings. The smallest absolute Gasteiger partial charge is 0.0795 e. The molecule has 0 aliphatic carbocycles. The highest BCUT2D eigenvalue weighted by Gasteiger charge is 2.09. The number of halogens is 1. The summed E-state index contributed by atoms with van der Waals surface area (Å²) in [6, 6.07) is 4.64.